The molecule has 1 unspecified atom stereocenters. The average Bonchev–Trinajstić information content (AvgIpc) is 2.79. The summed E-state index contributed by atoms with van der Waals surface area (Å²) in [6.07, 6.45) is 1.76. The van der Waals surface area contributed by atoms with Gasteiger partial charge < -0.3 is 19.9 Å². The molecule has 4 rings (SSSR count). The molecule has 0 aliphatic carbocycles. The first-order valence-electron chi connectivity index (χ1n) is 10.6. The Morgan fingerprint density at radius 3 is 2.56 bits per heavy atom. The van der Waals surface area contributed by atoms with Crippen LogP contribution in [0, 0.1) is 13.8 Å². The van der Waals surface area contributed by atoms with Crippen molar-refractivity contribution in [1.82, 2.24) is 9.97 Å². The molecular weight excluding hydrogens is 402 g/mol. The first kappa shape index (κ1) is 21.4. The Hall–Kier alpha value is -3.80. The van der Waals surface area contributed by atoms with Gasteiger partial charge in [-0.15, -0.1) is 0 Å². The molecule has 32 heavy (non-hydrogen) atoms. The maximum absolute atomic E-state index is 11.2. The number of aryl methyl sites for hydroxylation is 2. The molecule has 0 saturated heterocycles. The summed E-state index contributed by atoms with van der Waals surface area (Å²) >= 11 is 0. The number of methoxy groups -OCH3 is 1. The fraction of sp³-hybridized carbons (Fsp3) is 0.231. The van der Waals surface area contributed by atoms with E-state index in [0.717, 1.165) is 22.2 Å². The maximum atomic E-state index is 11.2. The first-order chi connectivity index (χ1) is 15.5. The van der Waals surface area contributed by atoms with Crippen LogP contribution < -0.4 is 14.8 Å². The van der Waals surface area contributed by atoms with E-state index in [1.54, 1.807) is 13.3 Å². The third kappa shape index (κ3) is 4.30. The second-order valence-corrected chi connectivity index (χ2v) is 7.67. The predicted molar refractivity (Wildman–Crippen MR) is 127 cm³/mol. The van der Waals surface area contributed by atoms with Crippen molar-refractivity contribution in [3.05, 3.63) is 83.2 Å². The quantitative estimate of drug-likeness (QED) is 0.400. The Balaban J connectivity index is 1.87. The summed E-state index contributed by atoms with van der Waals surface area (Å²) in [5.74, 6) is 2.15. The van der Waals surface area contributed by atoms with Gasteiger partial charge in [-0.2, -0.15) is 0 Å². The van der Waals surface area contributed by atoms with Gasteiger partial charge in [0.05, 0.1) is 19.8 Å². The van der Waals surface area contributed by atoms with E-state index in [0.29, 0.717) is 35.0 Å². The molecule has 6 heteroatoms. The summed E-state index contributed by atoms with van der Waals surface area (Å²) in [6, 6.07) is 17.1. The van der Waals surface area contributed by atoms with Crippen LogP contribution in [0.1, 0.15) is 35.3 Å². The highest BCUT2D eigenvalue weighted by Crippen LogP contribution is 2.39. The van der Waals surface area contributed by atoms with Crippen molar-refractivity contribution in [3.63, 3.8) is 0 Å². The number of hydrogen-bond donors (Lipinski definition) is 2. The van der Waals surface area contributed by atoms with Crippen molar-refractivity contribution < 1.29 is 14.6 Å². The SMILES string of the molecule is CCOc1ccc(C(Nc2cc(C)ccn2)c2ccc3ccc(C)nc3c2O)cc1OC. The second kappa shape index (κ2) is 9.14. The zero-order valence-electron chi connectivity index (χ0n) is 18.7. The van der Waals surface area contributed by atoms with Crippen LogP contribution >= 0.6 is 0 Å². The maximum Gasteiger partial charge on any atom is 0.161 e. The summed E-state index contributed by atoms with van der Waals surface area (Å²) in [5, 5.41) is 15.6. The van der Waals surface area contributed by atoms with E-state index in [2.05, 4.69) is 15.3 Å². The molecule has 0 spiro atoms. The summed E-state index contributed by atoms with van der Waals surface area (Å²) < 4.78 is 11.2. The number of hydrogen-bond acceptors (Lipinski definition) is 6. The number of nitrogens with zero attached hydrogens (tertiary/aromatic N) is 2. The smallest absolute Gasteiger partial charge is 0.161 e. The van der Waals surface area contributed by atoms with Crippen molar-refractivity contribution in [2.75, 3.05) is 19.0 Å². The molecule has 164 valence electrons. The fourth-order valence-electron chi connectivity index (χ4n) is 3.76. The number of ether oxygens (including phenoxy) is 2. The largest absolute Gasteiger partial charge is 0.505 e. The van der Waals surface area contributed by atoms with Crippen molar-refractivity contribution in [2.45, 2.75) is 26.8 Å². The summed E-state index contributed by atoms with van der Waals surface area (Å²) in [6.45, 7) is 6.40. The van der Waals surface area contributed by atoms with Crippen molar-refractivity contribution >= 4 is 16.7 Å². The predicted octanol–water partition coefficient (Wildman–Crippen LogP) is 5.56. The van der Waals surface area contributed by atoms with Gasteiger partial charge in [-0.25, -0.2) is 9.97 Å². The van der Waals surface area contributed by atoms with Crippen LogP contribution in [0.2, 0.25) is 0 Å². The van der Waals surface area contributed by atoms with E-state index in [1.165, 1.54) is 0 Å². The zero-order chi connectivity index (χ0) is 22.7. The van der Waals surface area contributed by atoms with Gasteiger partial charge in [0.1, 0.15) is 17.1 Å². The molecule has 0 aliphatic rings. The topological polar surface area (TPSA) is 76.5 Å². The highest BCUT2D eigenvalue weighted by molar-refractivity contribution is 5.86. The van der Waals surface area contributed by atoms with Gasteiger partial charge in [0, 0.05) is 22.8 Å². The molecule has 0 amide bonds. The first-order valence-corrected chi connectivity index (χ1v) is 10.6. The van der Waals surface area contributed by atoms with E-state index in [-0.39, 0.29) is 11.8 Å². The molecule has 4 aromatic rings. The number of phenolic OH excluding ortho intramolecular Hbond substituents is 1. The molecule has 2 aromatic carbocycles. The third-order valence-corrected chi connectivity index (χ3v) is 5.35. The molecular formula is C26H27N3O3. The number of phenols is 1. The highest BCUT2D eigenvalue weighted by Gasteiger charge is 2.22. The van der Waals surface area contributed by atoms with E-state index in [1.807, 2.05) is 75.4 Å². The van der Waals surface area contributed by atoms with Crippen molar-refractivity contribution in [1.29, 1.82) is 0 Å². The lowest BCUT2D eigenvalue weighted by molar-refractivity contribution is 0.310. The molecule has 0 aliphatic heterocycles. The van der Waals surface area contributed by atoms with Crippen LogP contribution in [0.3, 0.4) is 0 Å². The van der Waals surface area contributed by atoms with E-state index < -0.39 is 0 Å². The fourth-order valence-corrected chi connectivity index (χ4v) is 3.76. The Bertz CT molecular complexity index is 1260. The molecule has 0 saturated carbocycles. The molecule has 1 atom stereocenters. The van der Waals surface area contributed by atoms with Crippen LogP contribution in [-0.4, -0.2) is 28.8 Å². The Labute approximate surface area is 187 Å². The minimum Gasteiger partial charge on any atom is -0.505 e. The summed E-state index contributed by atoms with van der Waals surface area (Å²) in [4.78, 5) is 9.03. The number of aromatic nitrogens is 2. The van der Waals surface area contributed by atoms with E-state index in [4.69, 9.17) is 9.47 Å². The van der Waals surface area contributed by atoms with Crippen LogP contribution in [0.25, 0.3) is 10.9 Å². The molecule has 2 N–H and O–H groups in total. The number of pyridine rings is 2. The lowest BCUT2D eigenvalue weighted by Gasteiger charge is -2.23. The van der Waals surface area contributed by atoms with E-state index in [9.17, 15) is 5.11 Å². The summed E-state index contributed by atoms with van der Waals surface area (Å²) in [7, 11) is 1.62. The zero-order valence-corrected chi connectivity index (χ0v) is 18.7. The highest BCUT2D eigenvalue weighted by atomic mass is 16.5. The van der Waals surface area contributed by atoms with Crippen molar-refractivity contribution in [3.8, 4) is 17.2 Å². The monoisotopic (exact) mass is 429 g/mol. The van der Waals surface area contributed by atoms with E-state index >= 15 is 0 Å². The molecule has 2 heterocycles. The Morgan fingerprint density at radius 1 is 1.00 bits per heavy atom. The number of fused-ring (bicyclic) bond motifs is 1. The van der Waals surface area contributed by atoms with Crippen LogP contribution in [0.4, 0.5) is 5.82 Å². The van der Waals surface area contributed by atoms with Gasteiger partial charge in [-0.3, -0.25) is 0 Å². The van der Waals surface area contributed by atoms with Crippen LogP contribution in [0.5, 0.6) is 17.2 Å². The van der Waals surface area contributed by atoms with Gasteiger partial charge in [-0.1, -0.05) is 24.3 Å². The van der Waals surface area contributed by atoms with Gasteiger partial charge in [0.15, 0.2) is 11.5 Å². The molecule has 6 nitrogen and oxygen atoms in total. The van der Waals surface area contributed by atoms with Crippen molar-refractivity contribution in [2.24, 2.45) is 0 Å². The summed E-state index contributed by atoms with van der Waals surface area (Å²) in [5.41, 5.74) is 4.11. The molecule has 0 bridgehead atoms. The molecule has 0 radical (unpaired) electrons. The van der Waals surface area contributed by atoms with Gasteiger partial charge >= 0.3 is 0 Å². The van der Waals surface area contributed by atoms with Gasteiger partial charge in [0.2, 0.25) is 0 Å². The second-order valence-electron chi connectivity index (χ2n) is 7.67. The standard InChI is InChI=1S/C26H27N3O3/c1-5-32-21-11-9-19(15-22(21)31-4)24(29-23-14-16(2)12-13-27-23)20-10-8-18-7-6-17(3)28-25(18)26(20)30/h6-15,24,30H,5H2,1-4H3,(H,27,29). The lowest BCUT2D eigenvalue weighted by atomic mass is 9.95. The molecule has 0 fully saturated rings. The minimum absolute atomic E-state index is 0.143. The van der Waals surface area contributed by atoms with Gasteiger partial charge in [-0.05, 0) is 62.2 Å². The van der Waals surface area contributed by atoms with Crippen LogP contribution in [0.15, 0.2) is 60.8 Å². The average molecular weight is 430 g/mol. The number of nitrogens with one attached hydrogen (secondary N) is 1. The number of rotatable bonds is 7. The van der Waals surface area contributed by atoms with Gasteiger partial charge in [0.25, 0.3) is 0 Å². The lowest BCUT2D eigenvalue weighted by Crippen LogP contribution is -2.14. The Morgan fingerprint density at radius 2 is 1.81 bits per heavy atom. The minimum atomic E-state index is -0.388. The molecule has 2 aromatic heterocycles. The number of benzene rings is 2. The normalized spacial score (nSPS) is 11.9. The third-order valence-electron chi connectivity index (χ3n) is 5.35. The Kier molecular flexibility index (Phi) is 6.12. The number of anilines is 1. The van der Waals surface area contributed by atoms with Crippen LogP contribution in [-0.2, 0) is 0 Å². The number of aromatic hydroxyl groups is 1.